The van der Waals surface area contributed by atoms with Gasteiger partial charge >= 0.3 is 0 Å². The van der Waals surface area contributed by atoms with Gasteiger partial charge in [-0.25, -0.2) is 0 Å². The number of hydrogen-bond acceptors (Lipinski definition) is 4. The molecule has 0 aliphatic heterocycles. The molecule has 0 fully saturated rings. The highest BCUT2D eigenvalue weighted by molar-refractivity contribution is 5.84. The number of para-hydroxylation sites is 1. The average Bonchev–Trinajstić information content (AvgIpc) is 2.69. The van der Waals surface area contributed by atoms with Crippen molar-refractivity contribution >= 4 is 16.8 Å². The Morgan fingerprint density at radius 2 is 1.85 bits per heavy atom. The van der Waals surface area contributed by atoms with Gasteiger partial charge < -0.3 is 10.1 Å². The highest BCUT2D eigenvalue weighted by atomic mass is 16.5. The number of nitrogens with zero attached hydrogens (tertiary/aromatic N) is 2. The number of rotatable bonds is 9. The topological polar surface area (TPSA) is 64.1 Å². The molecule has 1 N–H and O–H groups in total. The summed E-state index contributed by atoms with van der Waals surface area (Å²) in [5, 5.41) is 4.00. The molecule has 0 atom stereocenters. The van der Waals surface area contributed by atoms with Gasteiger partial charge in [0.1, 0.15) is 11.3 Å². The number of amides is 1. The molecule has 5 heteroatoms. The molecule has 1 amide bonds. The molecule has 0 spiro atoms. The van der Waals surface area contributed by atoms with Crippen LogP contribution in [0.2, 0.25) is 0 Å². The predicted octanol–water partition coefficient (Wildman–Crippen LogP) is 3.54. The highest BCUT2D eigenvalue weighted by Crippen LogP contribution is 2.22. The van der Waals surface area contributed by atoms with Crippen LogP contribution in [0.4, 0.5) is 0 Å². The molecule has 0 aliphatic carbocycles. The minimum absolute atomic E-state index is 0.0766. The second-order valence-corrected chi connectivity index (χ2v) is 6.06. The number of pyridine rings is 2. The van der Waals surface area contributed by atoms with E-state index in [-0.39, 0.29) is 5.91 Å². The zero-order valence-electron chi connectivity index (χ0n) is 14.7. The van der Waals surface area contributed by atoms with Gasteiger partial charge in [0.2, 0.25) is 5.91 Å². The van der Waals surface area contributed by atoms with E-state index < -0.39 is 0 Å². The molecule has 0 radical (unpaired) electrons. The fourth-order valence-corrected chi connectivity index (χ4v) is 2.74. The van der Waals surface area contributed by atoms with Crippen molar-refractivity contribution in [2.24, 2.45) is 0 Å². The molecule has 0 saturated heterocycles. The van der Waals surface area contributed by atoms with Gasteiger partial charge in [-0.05, 0) is 43.5 Å². The maximum absolute atomic E-state index is 11.9. The predicted molar refractivity (Wildman–Crippen MR) is 102 cm³/mol. The second-order valence-electron chi connectivity index (χ2n) is 6.06. The minimum Gasteiger partial charge on any atom is -0.491 e. The van der Waals surface area contributed by atoms with Crippen molar-refractivity contribution in [1.82, 2.24) is 15.3 Å². The molecule has 0 bridgehead atoms. The molecule has 1 aromatic carbocycles. The fourth-order valence-electron chi connectivity index (χ4n) is 2.74. The molecule has 5 nitrogen and oxygen atoms in total. The monoisotopic (exact) mass is 349 g/mol. The van der Waals surface area contributed by atoms with Gasteiger partial charge in [0, 0.05) is 36.4 Å². The fraction of sp³-hybridized carbons (Fsp3) is 0.286. The molecule has 0 saturated carbocycles. The third-order valence-corrected chi connectivity index (χ3v) is 4.06. The van der Waals surface area contributed by atoms with Gasteiger partial charge in [-0.1, -0.05) is 24.3 Å². The van der Waals surface area contributed by atoms with E-state index in [4.69, 9.17) is 4.74 Å². The van der Waals surface area contributed by atoms with E-state index in [1.54, 1.807) is 12.4 Å². The number of hydrogen-bond donors (Lipinski definition) is 1. The smallest absolute Gasteiger partial charge is 0.220 e. The average molecular weight is 349 g/mol. The Kier molecular flexibility index (Phi) is 6.53. The van der Waals surface area contributed by atoms with Crippen molar-refractivity contribution in [3.05, 3.63) is 66.6 Å². The summed E-state index contributed by atoms with van der Waals surface area (Å²) >= 11 is 0. The van der Waals surface area contributed by atoms with E-state index in [1.165, 1.54) is 0 Å². The number of aryl methyl sites for hydroxylation is 1. The summed E-state index contributed by atoms with van der Waals surface area (Å²) in [5.74, 6) is 0.859. The van der Waals surface area contributed by atoms with Crippen molar-refractivity contribution in [2.75, 3.05) is 13.2 Å². The standard InChI is InChI=1S/C21H23N3O2/c25-20(12-4-10-18-9-1-2-13-22-18)23-15-6-16-26-19-11-3-7-17-8-5-14-24-21(17)19/h1-3,5,7-9,11,13-14H,4,6,10,12,15-16H2,(H,23,25). The van der Waals surface area contributed by atoms with Crippen LogP contribution in [0.25, 0.3) is 10.9 Å². The summed E-state index contributed by atoms with van der Waals surface area (Å²) in [5.41, 5.74) is 1.89. The Morgan fingerprint density at radius 3 is 2.73 bits per heavy atom. The Hall–Kier alpha value is -2.95. The third kappa shape index (κ3) is 5.28. The van der Waals surface area contributed by atoms with E-state index in [0.29, 0.717) is 19.6 Å². The molecule has 2 heterocycles. The van der Waals surface area contributed by atoms with Crippen LogP contribution in [0.5, 0.6) is 5.75 Å². The summed E-state index contributed by atoms with van der Waals surface area (Å²) < 4.78 is 5.82. The SMILES string of the molecule is O=C(CCCc1ccccn1)NCCCOc1cccc2cccnc12. The van der Waals surface area contributed by atoms with Crippen molar-refractivity contribution in [2.45, 2.75) is 25.7 Å². The van der Waals surface area contributed by atoms with Gasteiger partial charge in [0.15, 0.2) is 0 Å². The van der Waals surface area contributed by atoms with E-state index in [1.807, 2.05) is 48.5 Å². The molecule has 134 valence electrons. The van der Waals surface area contributed by atoms with E-state index in [2.05, 4.69) is 15.3 Å². The lowest BCUT2D eigenvalue weighted by atomic mass is 10.1. The lowest BCUT2D eigenvalue weighted by Gasteiger charge is -2.09. The number of ether oxygens (including phenoxy) is 1. The first kappa shape index (κ1) is 17.9. The Balaban J connectivity index is 1.32. The van der Waals surface area contributed by atoms with Gasteiger partial charge in [0.05, 0.1) is 6.61 Å². The largest absolute Gasteiger partial charge is 0.491 e. The first-order valence-corrected chi connectivity index (χ1v) is 8.96. The minimum atomic E-state index is 0.0766. The maximum Gasteiger partial charge on any atom is 0.220 e. The van der Waals surface area contributed by atoms with Crippen LogP contribution in [0, 0.1) is 0 Å². The number of nitrogens with one attached hydrogen (secondary N) is 1. The van der Waals surface area contributed by atoms with E-state index >= 15 is 0 Å². The van der Waals surface area contributed by atoms with E-state index in [9.17, 15) is 4.79 Å². The van der Waals surface area contributed by atoms with Gasteiger partial charge in [-0.3, -0.25) is 14.8 Å². The number of fused-ring (bicyclic) bond motifs is 1. The van der Waals surface area contributed by atoms with Crippen LogP contribution < -0.4 is 10.1 Å². The van der Waals surface area contributed by atoms with Crippen molar-refractivity contribution in [3.8, 4) is 5.75 Å². The maximum atomic E-state index is 11.9. The summed E-state index contributed by atoms with van der Waals surface area (Å²) in [4.78, 5) is 20.5. The normalized spacial score (nSPS) is 10.6. The molecule has 0 aliphatic rings. The lowest BCUT2D eigenvalue weighted by Crippen LogP contribution is -2.25. The number of carbonyl (C=O) groups excluding carboxylic acids is 1. The van der Waals surface area contributed by atoms with Gasteiger partial charge in [-0.15, -0.1) is 0 Å². The van der Waals surface area contributed by atoms with Crippen LogP contribution in [0.3, 0.4) is 0 Å². The number of carbonyl (C=O) groups is 1. The molecule has 3 rings (SSSR count). The Morgan fingerprint density at radius 1 is 0.962 bits per heavy atom. The lowest BCUT2D eigenvalue weighted by molar-refractivity contribution is -0.121. The second kappa shape index (κ2) is 9.51. The molecular formula is C21H23N3O2. The summed E-state index contributed by atoms with van der Waals surface area (Å²) in [6.07, 6.45) is 6.45. The first-order valence-electron chi connectivity index (χ1n) is 8.96. The highest BCUT2D eigenvalue weighted by Gasteiger charge is 2.04. The Bertz CT molecular complexity index is 832. The molecule has 26 heavy (non-hydrogen) atoms. The summed E-state index contributed by atoms with van der Waals surface area (Å²) in [7, 11) is 0. The van der Waals surface area contributed by atoms with Crippen LogP contribution >= 0.6 is 0 Å². The number of aromatic nitrogens is 2. The summed E-state index contributed by atoms with van der Waals surface area (Å²) in [6, 6.07) is 15.7. The van der Waals surface area contributed by atoms with Crippen molar-refractivity contribution < 1.29 is 9.53 Å². The first-order chi connectivity index (χ1) is 12.8. The van der Waals surface area contributed by atoms with E-state index in [0.717, 1.165) is 41.6 Å². The van der Waals surface area contributed by atoms with Gasteiger partial charge in [0.25, 0.3) is 0 Å². The summed E-state index contributed by atoms with van der Waals surface area (Å²) in [6.45, 7) is 1.16. The van der Waals surface area contributed by atoms with Crippen LogP contribution in [0.15, 0.2) is 60.9 Å². The van der Waals surface area contributed by atoms with Gasteiger partial charge in [-0.2, -0.15) is 0 Å². The molecule has 2 aromatic heterocycles. The van der Waals surface area contributed by atoms with Crippen molar-refractivity contribution in [3.63, 3.8) is 0 Å². The van der Waals surface area contributed by atoms with Crippen LogP contribution in [-0.4, -0.2) is 29.0 Å². The van der Waals surface area contributed by atoms with Crippen LogP contribution in [0.1, 0.15) is 25.0 Å². The zero-order valence-corrected chi connectivity index (χ0v) is 14.7. The molecule has 0 unspecified atom stereocenters. The quantitative estimate of drug-likeness (QED) is 0.600. The van der Waals surface area contributed by atoms with Crippen molar-refractivity contribution in [1.29, 1.82) is 0 Å². The zero-order chi connectivity index (χ0) is 18.0. The third-order valence-electron chi connectivity index (χ3n) is 4.06. The Labute approximate surface area is 153 Å². The molecular weight excluding hydrogens is 326 g/mol. The number of benzene rings is 1. The van der Waals surface area contributed by atoms with Crippen LogP contribution in [-0.2, 0) is 11.2 Å². The molecule has 3 aromatic rings.